The van der Waals surface area contributed by atoms with Crippen LogP contribution in [0, 0.1) is 5.82 Å². The zero-order chi connectivity index (χ0) is 18.2. The Bertz CT molecular complexity index is 589. The number of halogens is 2. The second-order valence-corrected chi connectivity index (χ2v) is 6.22. The Morgan fingerprint density at radius 1 is 1.32 bits per heavy atom. The van der Waals surface area contributed by atoms with Gasteiger partial charge in [0.05, 0.1) is 23.8 Å². The molecule has 1 saturated heterocycles. The lowest BCUT2D eigenvalue weighted by Gasteiger charge is -2.29. The first-order valence-corrected chi connectivity index (χ1v) is 8.64. The molecule has 6 nitrogen and oxygen atoms in total. The molecule has 1 fully saturated rings. The fourth-order valence-corrected chi connectivity index (χ4v) is 2.87. The summed E-state index contributed by atoms with van der Waals surface area (Å²) in [4.78, 5) is 27.7. The lowest BCUT2D eigenvalue weighted by atomic mass is 10.2. The third-order valence-electron chi connectivity index (χ3n) is 4.09. The molecule has 1 aliphatic rings. The molecular weight excluding hydrogens is 349 g/mol. The Balaban J connectivity index is 1.80. The number of rotatable bonds is 7. The van der Waals surface area contributed by atoms with E-state index >= 15 is 0 Å². The van der Waals surface area contributed by atoms with Crippen LogP contribution in [0.2, 0.25) is 5.02 Å². The maximum absolute atomic E-state index is 13.7. The summed E-state index contributed by atoms with van der Waals surface area (Å²) in [7, 11) is 0. The Hall–Kier alpha value is -1.70. The molecule has 0 spiro atoms. The average Bonchev–Trinajstić information content (AvgIpc) is 2.58. The zero-order valence-corrected chi connectivity index (χ0v) is 15.0. The van der Waals surface area contributed by atoms with Crippen LogP contribution in [-0.2, 0) is 9.53 Å². The molecule has 138 valence electrons. The fraction of sp³-hybridized carbons (Fsp3) is 0.529. The van der Waals surface area contributed by atoms with Crippen molar-refractivity contribution in [1.29, 1.82) is 0 Å². The van der Waals surface area contributed by atoms with Gasteiger partial charge in [0.15, 0.2) is 0 Å². The van der Waals surface area contributed by atoms with Crippen LogP contribution in [0.15, 0.2) is 18.2 Å². The van der Waals surface area contributed by atoms with Gasteiger partial charge in [0, 0.05) is 46.2 Å². The number of carbonyl (C=O) groups is 2. The quantitative estimate of drug-likeness (QED) is 0.786. The van der Waals surface area contributed by atoms with Crippen LogP contribution in [-0.4, -0.2) is 74.1 Å². The summed E-state index contributed by atoms with van der Waals surface area (Å²) in [6.07, 6.45) is 0. The summed E-state index contributed by atoms with van der Waals surface area (Å²) >= 11 is 5.87. The minimum absolute atomic E-state index is 0.0632. The van der Waals surface area contributed by atoms with Crippen LogP contribution >= 0.6 is 11.6 Å². The molecule has 1 N–H and O–H groups in total. The maximum atomic E-state index is 13.7. The predicted octanol–water partition coefficient (Wildman–Crippen LogP) is 1.39. The van der Waals surface area contributed by atoms with Gasteiger partial charge in [-0.25, -0.2) is 4.39 Å². The first-order valence-electron chi connectivity index (χ1n) is 8.27. The number of nitrogens with one attached hydrogen (secondary N) is 1. The topological polar surface area (TPSA) is 61.9 Å². The number of ether oxygens (including phenoxy) is 1. The van der Waals surface area contributed by atoms with E-state index in [-0.39, 0.29) is 23.0 Å². The van der Waals surface area contributed by atoms with Crippen LogP contribution < -0.4 is 5.32 Å². The molecule has 0 unspecified atom stereocenters. The molecule has 8 heteroatoms. The average molecular weight is 372 g/mol. The van der Waals surface area contributed by atoms with E-state index in [2.05, 4.69) is 10.2 Å². The van der Waals surface area contributed by atoms with Crippen LogP contribution in [0.5, 0.6) is 0 Å². The van der Waals surface area contributed by atoms with Crippen molar-refractivity contribution in [2.75, 3.05) is 52.5 Å². The highest BCUT2D eigenvalue weighted by Gasteiger charge is 2.17. The summed E-state index contributed by atoms with van der Waals surface area (Å²) in [5, 5.41) is 2.68. The molecule has 1 aromatic carbocycles. The molecule has 2 amide bonds. The van der Waals surface area contributed by atoms with Gasteiger partial charge in [0.1, 0.15) is 5.82 Å². The summed E-state index contributed by atoms with van der Waals surface area (Å²) in [5.41, 5.74) is -0.174. The summed E-state index contributed by atoms with van der Waals surface area (Å²) in [6, 6.07) is 4.09. The van der Waals surface area contributed by atoms with Gasteiger partial charge in [-0.2, -0.15) is 0 Å². The van der Waals surface area contributed by atoms with E-state index < -0.39 is 11.7 Å². The first-order chi connectivity index (χ1) is 12.0. The number of benzene rings is 1. The molecule has 0 saturated carbocycles. The number of nitrogens with zero attached hydrogens (tertiary/aromatic N) is 2. The number of hydrogen-bond acceptors (Lipinski definition) is 4. The van der Waals surface area contributed by atoms with Crippen LogP contribution in [0.25, 0.3) is 0 Å². The van der Waals surface area contributed by atoms with E-state index in [4.69, 9.17) is 16.3 Å². The van der Waals surface area contributed by atoms with Gasteiger partial charge in [-0.1, -0.05) is 17.7 Å². The van der Waals surface area contributed by atoms with Crippen LogP contribution in [0.3, 0.4) is 0 Å². The van der Waals surface area contributed by atoms with Crippen molar-refractivity contribution in [1.82, 2.24) is 15.1 Å². The van der Waals surface area contributed by atoms with E-state index in [0.29, 0.717) is 26.3 Å². The number of hydrogen-bond donors (Lipinski definition) is 1. The second kappa shape index (κ2) is 9.70. The van der Waals surface area contributed by atoms with E-state index in [1.54, 1.807) is 4.90 Å². The molecule has 2 rings (SSSR count). The Morgan fingerprint density at radius 3 is 2.68 bits per heavy atom. The second-order valence-electron chi connectivity index (χ2n) is 5.81. The van der Waals surface area contributed by atoms with Gasteiger partial charge in [-0.3, -0.25) is 14.5 Å². The third kappa shape index (κ3) is 5.95. The summed E-state index contributed by atoms with van der Waals surface area (Å²) in [6.45, 7) is 6.54. The monoisotopic (exact) mass is 371 g/mol. The lowest BCUT2D eigenvalue weighted by molar-refractivity contribution is -0.129. The SMILES string of the molecule is CC(=O)N(CCNC(=O)c1c(F)cccc1Cl)CCN1CCOCC1. The van der Waals surface area contributed by atoms with Crippen molar-refractivity contribution in [3.8, 4) is 0 Å². The minimum atomic E-state index is -0.666. The van der Waals surface area contributed by atoms with Crippen molar-refractivity contribution in [3.63, 3.8) is 0 Å². The van der Waals surface area contributed by atoms with Crippen molar-refractivity contribution in [2.45, 2.75) is 6.92 Å². The van der Waals surface area contributed by atoms with Gasteiger partial charge >= 0.3 is 0 Å². The molecular formula is C17H23ClFN3O3. The molecule has 1 heterocycles. The summed E-state index contributed by atoms with van der Waals surface area (Å²) in [5.74, 6) is -1.31. The minimum Gasteiger partial charge on any atom is -0.379 e. The Morgan fingerprint density at radius 2 is 2.04 bits per heavy atom. The van der Waals surface area contributed by atoms with E-state index in [1.165, 1.54) is 25.1 Å². The number of amides is 2. The highest BCUT2D eigenvalue weighted by molar-refractivity contribution is 6.33. The van der Waals surface area contributed by atoms with E-state index in [1.807, 2.05) is 0 Å². The standard InChI is InChI=1S/C17H23ClFN3O3/c1-13(23)22(8-7-21-9-11-25-12-10-21)6-5-20-17(24)16-14(18)3-2-4-15(16)19/h2-4H,5-12H2,1H3,(H,20,24). The highest BCUT2D eigenvalue weighted by atomic mass is 35.5. The van der Waals surface area contributed by atoms with Crippen molar-refractivity contribution in [2.24, 2.45) is 0 Å². The Kier molecular flexibility index (Phi) is 7.61. The molecule has 0 aliphatic carbocycles. The lowest BCUT2D eigenvalue weighted by Crippen LogP contribution is -2.44. The van der Waals surface area contributed by atoms with Crippen LogP contribution in [0.1, 0.15) is 17.3 Å². The third-order valence-corrected chi connectivity index (χ3v) is 4.41. The van der Waals surface area contributed by atoms with Crippen molar-refractivity contribution in [3.05, 3.63) is 34.6 Å². The van der Waals surface area contributed by atoms with Crippen molar-refractivity contribution >= 4 is 23.4 Å². The number of morpholine rings is 1. The molecule has 1 aliphatic heterocycles. The summed E-state index contributed by atoms with van der Waals surface area (Å²) < 4.78 is 19.0. The maximum Gasteiger partial charge on any atom is 0.255 e. The smallest absolute Gasteiger partial charge is 0.255 e. The zero-order valence-electron chi connectivity index (χ0n) is 14.3. The van der Waals surface area contributed by atoms with E-state index in [9.17, 15) is 14.0 Å². The normalized spacial score (nSPS) is 15.0. The first kappa shape index (κ1) is 19.6. The van der Waals surface area contributed by atoms with Gasteiger partial charge in [-0.05, 0) is 12.1 Å². The molecule has 0 radical (unpaired) electrons. The van der Waals surface area contributed by atoms with Crippen molar-refractivity contribution < 1.29 is 18.7 Å². The molecule has 0 aromatic heterocycles. The Labute approximate surface area is 151 Å². The van der Waals surface area contributed by atoms with E-state index in [0.717, 1.165) is 19.6 Å². The fourth-order valence-electron chi connectivity index (χ4n) is 2.62. The molecule has 1 aromatic rings. The largest absolute Gasteiger partial charge is 0.379 e. The molecule has 0 atom stereocenters. The molecule has 0 bridgehead atoms. The highest BCUT2D eigenvalue weighted by Crippen LogP contribution is 2.18. The van der Waals surface area contributed by atoms with Gasteiger partial charge in [-0.15, -0.1) is 0 Å². The van der Waals surface area contributed by atoms with Gasteiger partial charge in [0.2, 0.25) is 5.91 Å². The molecule has 25 heavy (non-hydrogen) atoms. The van der Waals surface area contributed by atoms with Gasteiger partial charge in [0.25, 0.3) is 5.91 Å². The van der Waals surface area contributed by atoms with Crippen LogP contribution in [0.4, 0.5) is 4.39 Å². The number of carbonyl (C=O) groups excluding carboxylic acids is 2. The van der Waals surface area contributed by atoms with Gasteiger partial charge < -0.3 is 15.0 Å². The predicted molar refractivity (Wildman–Crippen MR) is 93.3 cm³/mol.